The van der Waals surface area contributed by atoms with Crippen molar-refractivity contribution in [2.45, 2.75) is 60.3 Å². The molecule has 2 aromatic carbocycles. The van der Waals surface area contributed by atoms with Gasteiger partial charge in [-0.1, -0.05) is 120 Å². The monoisotopic (exact) mass is 624 g/mol. The van der Waals surface area contributed by atoms with Crippen molar-refractivity contribution in [3.05, 3.63) is 121 Å². The maximum absolute atomic E-state index is 5.05. The van der Waals surface area contributed by atoms with E-state index in [0.29, 0.717) is 52.0 Å². The lowest BCUT2D eigenvalue weighted by Gasteiger charge is -2.04. The van der Waals surface area contributed by atoms with Crippen LogP contribution in [0.3, 0.4) is 0 Å². The molecule has 0 aliphatic carbocycles. The van der Waals surface area contributed by atoms with Crippen molar-refractivity contribution in [1.82, 2.24) is 39.9 Å². The first-order valence-corrected chi connectivity index (χ1v) is 16.3. The predicted octanol–water partition coefficient (Wildman–Crippen LogP) is 8.02. The van der Waals surface area contributed by atoms with Gasteiger partial charge in [0.25, 0.3) is 0 Å². The zero-order chi connectivity index (χ0) is 33.8. The third-order valence-electron chi connectivity index (χ3n) is 7.19. The largest absolute Gasteiger partial charge is 0.325 e. The summed E-state index contributed by atoms with van der Waals surface area (Å²) >= 11 is 0. The number of fused-ring (bicyclic) bond motifs is 12. The Bertz CT molecular complexity index is 2110. The van der Waals surface area contributed by atoms with Gasteiger partial charge in [-0.05, 0) is 25.0 Å². The topological polar surface area (TPSA) is 109 Å². The Hall–Kier alpha value is -5.50. The molecule has 8 heteroatoms. The summed E-state index contributed by atoms with van der Waals surface area (Å²) in [5, 5.41) is 1.87. The molecular weight excluding hydrogens is 580 g/mol. The molecule has 8 nitrogen and oxygen atoms in total. The third-order valence-corrected chi connectivity index (χ3v) is 7.19. The number of nitrogens with zero attached hydrogens (tertiary/aromatic N) is 6. The fourth-order valence-corrected chi connectivity index (χ4v) is 4.84. The van der Waals surface area contributed by atoms with E-state index in [1.54, 1.807) is 6.08 Å². The molecule has 6 bridgehead atoms. The minimum Gasteiger partial charge on any atom is -0.325 e. The van der Waals surface area contributed by atoms with Crippen LogP contribution in [0.1, 0.15) is 65.5 Å². The van der Waals surface area contributed by atoms with E-state index in [2.05, 4.69) is 41.4 Å². The van der Waals surface area contributed by atoms with Crippen LogP contribution in [0.4, 0.5) is 0 Å². The lowest BCUT2D eigenvalue weighted by atomic mass is 10.1. The molecule has 4 aromatic rings. The van der Waals surface area contributed by atoms with E-state index in [4.69, 9.17) is 29.9 Å². The minimum atomic E-state index is -0.161. The molecule has 2 N–H and O–H groups in total. The maximum Gasteiger partial charge on any atom is 0.164 e. The van der Waals surface area contributed by atoms with Crippen LogP contribution in [-0.4, -0.2) is 39.9 Å². The molecule has 47 heavy (non-hydrogen) atoms. The molecule has 1 atom stereocenters. The van der Waals surface area contributed by atoms with E-state index in [1.165, 1.54) is 0 Å². The van der Waals surface area contributed by atoms with Crippen molar-refractivity contribution in [3.63, 3.8) is 0 Å². The zero-order valence-electron chi connectivity index (χ0n) is 28.2. The fourth-order valence-electron chi connectivity index (χ4n) is 4.84. The van der Waals surface area contributed by atoms with Crippen LogP contribution in [0.25, 0.3) is 56.5 Å². The summed E-state index contributed by atoms with van der Waals surface area (Å²) in [6.07, 6.45) is 15.0. The van der Waals surface area contributed by atoms with Crippen LogP contribution < -0.4 is 11.0 Å². The molecular formula is C39H44N8. The van der Waals surface area contributed by atoms with Gasteiger partial charge in [0, 0.05) is 34.2 Å². The molecule has 4 heterocycles. The van der Waals surface area contributed by atoms with E-state index in [0.717, 1.165) is 33.9 Å². The number of benzene rings is 2. The van der Waals surface area contributed by atoms with Gasteiger partial charge in [0.1, 0.15) is 33.9 Å². The second-order valence-corrected chi connectivity index (χ2v) is 10.3. The van der Waals surface area contributed by atoms with Crippen LogP contribution in [0.2, 0.25) is 0 Å². The Morgan fingerprint density at radius 2 is 1.40 bits per heavy atom. The van der Waals surface area contributed by atoms with E-state index in [9.17, 15) is 0 Å². The van der Waals surface area contributed by atoms with E-state index >= 15 is 0 Å². The van der Waals surface area contributed by atoms with Crippen molar-refractivity contribution in [1.29, 1.82) is 0 Å². The first kappa shape index (κ1) is 34.4. The normalized spacial score (nSPS) is 15.7. The molecule has 240 valence electrons. The number of hydrogen-bond acceptors (Lipinski definition) is 6. The number of hydrogen-bond donors (Lipinski definition) is 2. The number of aromatic amines is 2. The Morgan fingerprint density at radius 3 is 2.06 bits per heavy atom. The van der Waals surface area contributed by atoms with Crippen LogP contribution in [0, 0.1) is 0 Å². The third kappa shape index (κ3) is 8.02. The van der Waals surface area contributed by atoms with Crippen LogP contribution in [0.15, 0.2) is 98.1 Å². The summed E-state index contributed by atoms with van der Waals surface area (Å²) in [4.78, 5) is 36.8. The van der Waals surface area contributed by atoms with E-state index < -0.39 is 0 Å². The van der Waals surface area contributed by atoms with Crippen molar-refractivity contribution >= 4 is 33.7 Å². The highest BCUT2D eigenvalue weighted by molar-refractivity contribution is 6.04. The van der Waals surface area contributed by atoms with Gasteiger partial charge in [-0.15, -0.1) is 13.2 Å². The standard InChI is InChI=1S/C35H32N8.2C2H6/c1-5-15-28-36-30(22(3)6-2)40-34-26-19-13-14-20-27(26)35(43-34)41-31-23(4)16-9-7-8-10-21-29(37-31)39-33-25-18-12-11-17-24(25)32(38-28)42-33;2*1-2/h5-6,8-14,16-22,37H,1-2,7,15H2,3-4H3,(H,36,38,39,40,41,42,43);2*1-2H3/b10-8-,16-9-,29-21-,31-23-;;. The molecule has 2 aliphatic heterocycles. The SMILES string of the molecule is C=CCc1nc(C(C)C=C)nc2nc(n\c3[nH]/c(nc4[nH]c(n1)c1ccccc41)=C/C=C\C/C=C\C=3C)-c1ccccc1-2.CC.CC. The molecule has 0 saturated heterocycles. The summed E-state index contributed by atoms with van der Waals surface area (Å²) < 4.78 is 0. The Labute approximate surface area is 276 Å². The second kappa shape index (κ2) is 16.7. The van der Waals surface area contributed by atoms with Gasteiger partial charge >= 0.3 is 0 Å². The van der Waals surface area contributed by atoms with Gasteiger partial charge in [-0.2, -0.15) is 0 Å². The van der Waals surface area contributed by atoms with E-state index in [-0.39, 0.29) is 5.92 Å². The molecule has 2 aromatic heterocycles. The van der Waals surface area contributed by atoms with Crippen LogP contribution in [-0.2, 0) is 6.42 Å². The minimum absolute atomic E-state index is 0.161. The quantitative estimate of drug-likeness (QED) is 0.196. The first-order valence-electron chi connectivity index (χ1n) is 16.3. The van der Waals surface area contributed by atoms with Crippen molar-refractivity contribution < 1.29 is 0 Å². The summed E-state index contributed by atoms with van der Waals surface area (Å²) in [6.45, 7) is 20.0. The highest BCUT2D eigenvalue weighted by atomic mass is 15.0. The average Bonchev–Trinajstić information content (AvgIpc) is 3.63. The number of rotatable bonds is 4. The lowest BCUT2D eigenvalue weighted by Crippen LogP contribution is -2.24. The zero-order valence-corrected chi connectivity index (χ0v) is 28.2. The van der Waals surface area contributed by atoms with Crippen molar-refractivity contribution in [2.75, 3.05) is 0 Å². The van der Waals surface area contributed by atoms with Gasteiger partial charge in [-0.3, -0.25) is 0 Å². The summed E-state index contributed by atoms with van der Waals surface area (Å²) in [5.41, 5.74) is 5.30. The van der Waals surface area contributed by atoms with Gasteiger partial charge in [-0.25, -0.2) is 29.9 Å². The Kier molecular flexibility index (Phi) is 12.2. The van der Waals surface area contributed by atoms with E-state index in [1.807, 2.05) is 108 Å². The molecule has 0 spiro atoms. The number of aromatic nitrogens is 8. The fraction of sp³-hybridized carbons (Fsp3) is 0.231. The first-order chi connectivity index (χ1) is 23.0. The summed E-state index contributed by atoms with van der Waals surface area (Å²) in [6, 6.07) is 16.0. The molecule has 1 unspecified atom stereocenters. The molecule has 0 saturated carbocycles. The second-order valence-electron chi connectivity index (χ2n) is 10.3. The maximum atomic E-state index is 5.05. The number of allylic oxidation sites excluding steroid dienone is 6. The highest BCUT2D eigenvalue weighted by Gasteiger charge is 2.19. The van der Waals surface area contributed by atoms with Crippen molar-refractivity contribution in [2.24, 2.45) is 0 Å². The van der Waals surface area contributed by atoms with Gasteiger partial charge in [0.15, 0.2) is 11.6 Å². The van der Waals surface area contributed by atoms with Crippen LogP contribution >= 0.6 is 0 Å². The number of H-pyrrole nitrogens is 2. The van der Waals surface area contributed by atoms with Crippen molar-refractivity contribution in [3.8, 4) is 22.8 Å². The summed E-state index contributed by atoms with van der Waals surface area (Å²) in [5.74, 6) is 2.04. The number of nitrogens with one attached hydrogen (secondary N) is 2. The van der Waals surface area contributed by atoms with Crippen LogP contribution in [0.5, 0.6) is 0 Å². The molecule has 6 rings (SSSR count). The molecule has 0 radical (unpaired) electrons. The Morgan fingerprint density at radius 1 is 0.766 bits per heavy atom. The summed E-state index contributed by atoms with van der Waals surface area (Å²) in [7, 11) is 0. The smallest absolute Gasteiger partial charge is 0.164 e. The van der Waals surface area contributed by atoms with Gasteiger partial charge in [0.05, 0.1) is 0 Å². The average molecular weight is 625 g/mol. The molecule has 2 aliphatic rings. The molecule has 0 fully saturated rings. The lowest BCUT2D eigenvalue weighted by molar-refractivity contribution is 0.822. The Balaban J connectivity index is 0.00000120. The van der Waals surface area contributed by atoms with Gasteiger partial charge in [0.2, 0.25) is 0 Å². The molecule has 0 amide bonds. The highest BCUT2D eigenvalue weighted by Crippen LogP contribution is 2.32. The van der Waals surface area contributed by atoms with Gasteiger partial charge < -0.3 is 9.97 Å². The predicted molar refractivity (Wildman–Crippen MR) is 196 cm³/mol.